The van der Waals surface area contributed by atoms with Gasteiger partial charge in [0.1, 0.15) is 11.4 Å². The van der Waals surface area contributed by atoms with Crippen LogP contribution in [0.5, 0.6) is 5.75 Å². The molecule has 0 bridgehead atoms. The number of benzene rings is 3. The van der Waals surface area contributed by atoms with Crippen LogP contribution < -0.4 is 20.8 Å². The summed E-state index contributed by atoms with van der Waals surface area (Å²) in [5.41, 5.74) is 6.20. The molecule has 0 aliphatic rings. The zero-order valence-corrected chi connectivity index (χ0v) is 20.8. The van der Waals surface area contributed by atoms with Crippen molar-refractivity contribution in [1.82, 2.24) is 4.68 Å². The fraction of sp³-hybridized carbons (Fsp3) is 0.148. The number of carbonyl (C=O) groups excluding carboxylic acids is 3. The second-order valence-corrected chi connectivity index (χ2v) is 8.56. The number of fused-ring (bicyclic) bond motifs is 1. The van der Waals surface area contributed by atoms with Gasteiger partial charge in [0.2, 0.25) is 0 Å². The number of hydrogen-bond acceptors (Lipinski definition) is 4. The lowest BCUT2D eigenvalue weighted by molar-refractivity contribution is -0.133. The number of halogens is 1. The molecule has 0 aliphatic carbocycles. The number of anilines is 2. The minimum absolute atomic E-state index is 0.135. The van der Waals surface area contributed by atoms with Crippen LogP contribution in [-0.2, 0) is 9.59 Å². The van der Waals surface area contributed by atoms with E-state index in [-0.39, 0.29) is 5.69 Å². The predicted molar refractivity (Wildman–Crippen MR) is 141 cm³/mol. The molecule has 0 unspecified atom stereocenters. The van der Waals surface area contributed by atoms with E-state index < -0.39 is 17.7 Å². The third-order valence-corrected chi connectivity index (χ3v) is 5.93. The third-order valence-electron chi connectivity index (χ3n) is 5.69. The number of ether oxygens (including phenoxy) is 1. The molecule has 0 aliphatic heterocycles. The van der Waals surface area contributed by atoms with E-state index >= 15 is 0 Å². The van der Waals surface area contributed by atoms with Crippen LogP contribution in [0.25, 0.3) is 10.9 Å². The van der Waals surface area contributed by atoms with Crippen molar-refractivity contribution >= 4 is 51.6 Å². The van der Waals surface area contributed by atoms with E-state index in [1.54, 1.807) is 54.6 Å². The number of carbonyl (C=O) groups is 3. The van der Waals surface area contributed by atoms with Gasteiger partial charge in [-0.25, -0.2) is 4.68 Å². The summed E-state index contributed by atoms with van der Waals surface area (Å²) in [5, 5.41) is 6.52. The lowest BCUT2D eigenvalue weighted by Crippen LogP contribution is -2.36. The van der Waals surface area contributed by atoms with Gasteiger partial charge in [-0.1, -0.05) is 23.7 Å². The number of nitrogens with zero attached hydrogens (tertiary/aromatic N) is 1. The summed E-state index contributed by atoms with van der Waals surface area (Å²) in [6.45, 7) is 6.25. The van der Waals surface area contributed by atoms with E-state index in [1.165, 1.54) is 4.68 Å². The van der Waals surface area contributed by atoms with Crippen LogP contribution in [0.1, 0.15) is 28.5 Å². The highest BCUT2D eigenvalue weighted by molar-refractivity contribution is 6.42. The Kier molecular flexibility index (Phi) is 7.26. The van der Waals surface area contributed by atoms with Crippen molar-refractivity contribution in [2.24, 2.45) is 0 Å². The number of amides is 3. The van der Waals surface area contributed by atoms with Gasteiger partial charge in [0.15, 0.2) is 0 Å². The first-order chi connectivity index (χ1) is 17.3. The largest absolute Gasteiger partial charge is 0.494 e. The van der Waals surface area contributed by atoms with Crippen LogP contribution in [0, 0.1) is 13.8 Å². The first-order valence-corrected chi connectivity index (χ1v) is 11.7. The summed E-state index contributed by atoms with van der Waals surface area (Å²) in [4.78, 5) is 38.7. The van der Waals surface area contributed by atoms with Gasteiger partial charge in [-0.15, -0.1) is 0 Å². The van der Waals surface area contributed by atoms with Crippen LogP contribution in [0.15, 0.2) is 66.7 Å². The fourth-order valence-electron chi connectivity index (χ4n) is 3.69. The molecule has 8 nitrogen and oxygen atoms in total. The number of hydrogen-bond donors (Lipinski definition) is 3. The molecule has 3 aromatic carbocycles. The summed E-state index contributed by atoms with van der Waals surface area (Å²) in [6.07, 6.45) is 0. The molecule has 1 heterocycles. The summed E-state index contributed by atoms with van der Waals surface area (Å²) in [5.74, 6) is -1.65. The highest BCUT2D eigenvalue weighted by Crippen LogP contribution is 2.25. The SMILES string of the molecule is CCOc1ccc(NC(=O)C(=O)Nn2c(C(=O)Nc3cccc(C)c3C)cc3cc(Cl)ccc32)cc1. The Labute approximate surface area is 213 Å². The van der Waals surface area contributed by atoms with Gasteiger partial charge in [-0.05, 0) is 86.5 Å². The molecule has 3 amide bonds. The molecule has 0 radical (unpaired) electrons. The Morgan fingerprint density at radius 3 is 2.39 bits per heavy atom. The normalized spacial score (nSPS) is 10.7. The lowest BCUT2D eigenvalue weighted by atomic mass is 10.1. The smallest absolute Gasteiger partial charge is 0.328 e. The Bertz CT molecular complexity index is 1460. The summed E-state index contributed by atoms with van der Waals surface area (Å²) >= 11 is 6.13. The summed E-state index contributed by atoms with van der Waals surface area (Å²) in [7, 11) is 0. The molecular formula is C27H25ClN4O4. The van der Waals surface area contributed by atoms with Gasteiger partial charge in [0, 0.05) is 21.8 Å². The average Bonchev–Trinajstić information content (AvgIpc) is 3.20. The zero-order valence-electron chi connectivity index (χ0n) is 20.0. The maximum Gasteiger partial charge on any atom is 0.328 e. The average molecular weight is 505 g/mol. The van der Waals surface area contributed by atoms with Crippen molar-refractivity contribution < 1.29 is 19.1 Å². The molecule has 9 heteroatoms. The van der Waals surface area contributed by atoms with Crippen molar-refractivity contribution in [2.45, 2.75) is 20.8 Å². The van der Waals surface area contributed by atoms with Crippen LogP contribution in [0.4, 0.5) is 11.4 Å². The van der Waals surface area contributed by atoms with Crippen molar-refractivity contribution in [2.75, 3.05) is 22.7 Å². The van der Waals surface area contributed by atoms with Crippen molar-refractivity contribution in [3.63, 3.8) is 0 Å². The van der Waals surface area contributed by atoms with Gasteiger partial charge in [-0.3, -0.25) is 19.8 Å². The molecule has 0 atom stereocenters. The highest BCUT2D eigenvalue weighted by Gasteiger charge is 2.21. The molecule has 184 valence electrons. The predicted octanol–water partition coefficient (Wildman–Crippen LogP) is 5.27. The van der Waals surface area contributed by atoms with E-state index in [4.69, 9.17) is 16.3 Å². The van der Waals surface area contributed by atoms with Gasteiger partial charge in [0.25, 0.3) is 5.91 Å². The van der Waals surface area contributed by atoms with E-state index in [0.717, 1.165) is 11.1 Å². The molecule has 1 aromatic heterocycles. The first-order valence-electron chi connectivity index (χ1n) is 11.3. The van der Waals surface area contributed by atoms with Crippen LogP contribution in [0.2, 0.25) is 5.02 Å². The second kappa shape index (κ2) is 10.5. The first kappa shape index (κ1) is 24.8. The molecule has 3 N–H and O–H groups in total. The second-order valence-electron chi connectivity index (χ2n) is 8.12. The number of aryl methyl sites for hydroxylation is 1. The summed E-state index contributed by atoms with van der Waals surface area (Å²) < 4.78 is 6.67. The maximum atomic E-state index is 13.3. The molecule has 4 rings (SSSR count). The third kappa shape index (κ3) is 5.34. The number of aromatic nitrogens is 1. The monoisotopic (exact) mass is 504 g/mol. The van der Waals surface area contributed by atoms with E-state index in [1.807, 2.05) is 32.9 Å². The zero-order chi connectivity index (χ0) is 25.8. The van der Waals surface area contributed by atoms with Gasteiger partial charge in [0.05, 0.1) is 12.1 Å². The Hall–Kier alpha value is -4.30. The van der Waals surface area contributed by atoms with Crippen molar-refractivity contribution in [3.05, 3.63) is 88.6 Å². The fourth-order valence-corrected chi connectivity index (χ4v) is 3.87. The summed E-state index contributed by atoms with van der Waals surface area (Å²) in [6, 6.07) is 18.8. The molecule has 36 heavy (non-hydrogen) atoms. The Morgan fingerprint density at radius 2 is 1.67 bits per heavy atom. The molecule has 0 fully saturated rings. The highest BCUT2D eigenvalue weighted by atomic mass is 35.5. The topological polar surface area (TPSA) is 101 Å². The Balaban J connectivity index is 1.59. The van der Waals surface area contributed by atoms with Crippen LogP contribution in [-0.4, -0.2) is 29.0 Å². The molecule has 0 saturated carbocycles. The number of rotatable bonds is 6. The molecule has 0 spiro atoms. The minimum atomic E-state index is -0.947. The van der Waals surface area contributed by atoms with Crippen LogP contribution in [0.3, 0.4) is 0 Å². The van der Waals surface area contributed by atoms with Crippen molar-refractivity contribution in [1.29, 1.82) is 0 Å². The van der Waals surface area contributed by atoms with Gasteiger partial charge in [-0.2, -0.15) is 0 Å². The van der Waals surface area contributed by atoms with E-state index in [2.05, 4.69) is 16.1 Å². The quantitative estimate of drug-likeness (QED) is 0.311. The lowest BCUT2D eigenvalue weighted by Gasteiger charge is -2.14. The van der Waals surface area contributed by atoms with Gasteiger partial charge >= 0.3 is 11.8 Å². The van der Waals surface area contributed by atoms with E-state index in [0.29, 0.717) is 39.7 Å². The maximum absolute atomic E-state index is 13.3. The molecular weight excluding hydrogens is 480 g/mol. The molecule has 0 saturated heterocycles. The number of nitrogens with one attached hydrogen (secondary N) is 3. The van der Waals surface area contributed by atoms with E-state index in [9.17, 15) is 14.4 Å². The minimum Gasteiger partial charge on any atom is -0.494 e. The Morgan fingerprint density at radius 1 is 0.917 bits per heavy atom. The van der Waals surface area contributed by atoms with Gasteiger partial charge < -0.3 is 15.4 Å². The molecule has 4 aromatic rings. The standard InChI is InChI=1S/C27H25ClN4O4/c1-4-36-21-11-9-20(10-12-21)29-26(34)27(35)31-32-23-13-8-19(28)14-18(23)15-24(32)25(33)30-22-7-5-6-16(2)17(22)3/h5-15H,4H2,1-3H3,(H,29,34)(H,30,33)(H,31,35). The van der Waals surface area contributed by atoms with Crippen LogP contribution >= 0.6 is 11.6 Å². The van der Waals surface area contributed by atoms with Crippen molar-refractivity contribution in [3.8, 4) is 5.75 Å².